The number of halogens is 3. The number of rotatable bonds is 4. The molecule has 0 aliphatic rings. The highest BCUT2D eigenvalue weighted by molar-refractivity contribution is 6.04. The average molecular weight is 312 g/mol. The van der Waals surface area contributed by atoms with E-state index in [1.165, 1.54) is 6.07 Å². The monoisotopic (exact) mass is 312 g/mol. The van der Waals surface area contributed by atoms with Crippen LogP contribution in [0.25, 0.3) is 10.9 Å². The highest BCUT2D eigenvalue weighted by atomic mass is 19.4. The fourth-order valence-electron chi connectivity index (χ4n) is 2.03. The Labute approximate surface area is 124 Å². The highest BCUT2D eigenvalue weighted by Gasteiger charge is 2.33. The van der Waals surface area contributed by atoms with E-state index in [1.54, 1.807) is 19.0 Å². The first-order chi connectivity index (χ1) is 10.2. The number of carbonyl (C=O) groups is 1. The maximum Gasteiger partial charge on any atom is 0.417 e. The molecule has 0 saturated carbocycles. The van der Waals surface area contributed by atoms with E-state index in [4.69, 9.17) is 0 Å². The number of nitrogens with one attached hydrogen (secondary N) is 2. The Morgan fingerprint density at radius 2 is 2.09 bits per heavy atom. The lowest BCUT2D eigenvalue weighted by Crippen LogP contribution is -2.23. The van der Waals surface area contributed by atoms with Gasteiger partial charge in [0.2, 0.25) is 0 Å². The summed E-state index contributed by atoms with van der Waals surface area (Å²) in [6.07, 6.45) is -3.43. The zero-order valence-corrected chi connectivity index (χ0v) is 12.1. The molecule has 0 fully saturated rings. The van der Waals surface area contributed by atoms with E-state index >= 15 is 0 Å². The predicted molar refractivity (Wildman–Crippen MR) is 77.4 cm³/mol. The van der Waals surface area contributed by atoms with Gasteiger partial charge in [-0.1, -0.05) is 6.58 Å². The Hall–Kier alpha value is -2.35. The van der Waals surface area contributed by atoms with Crippen LogP contribution in [0.4, 0.5) is 18.9 Å². The summed E-state index contributed by atoms with van der Waals surface area (Å²) in [5.74, 6) is -0.527. The largest absolute Gasteiger partial charge is 0.417 e. The summed E-state index contributed by atoms with van der Waals surface area (Å²) in [6.45, 7) is 3.93. The third kappa shape index (κ3) is 3.45. The van der Waals surface area contributed by atoms with Gasteiger partial charge in [0.25, 0.3) is 5.91 Å². The standard InChI is InChI=1S/C14H15F3N4O/c1-8(7-21(2)3)13(22)19-9-4-11(14(15,16)17)10-6-18-20-12(10)5-9/h4-6H,1,7H2,2-3H3,(H,18,20)(H,19,22). The molecule has 1 aromatic carbocycles. The van der Waals surface area contributed by atoms with Crippen LogP contribution in [-0.2, 0) is 11.0 Å². The second-order valence-electron chi connectivity index (χ2n) is 5.15. The zero-order chi connectivity index (χ0) is 16.5. The van der Waals surface area contributed by atoms with Crippen LogP contribution in [0.1, 0.15) is 5.56 Å². The van der Waals surface area contributed by atoms with Crippen LogP contribution < -0.4 is 5.32 Å². The summed E-state index contributed by atoms with van der Waals surface area (Å²) in [4.78, 5) is 13.7. The molecule has 0 saturated heterocycles. The molecule has 1 amide bonds. The second-order valence-corrected chi connectivity index (χ2v) is 5.15. The van der Waals surface area contributed by atoms with Crippen molar-refractivity contribution >= 4 is 22.5 Å². The number of aromatic amines is 1. The lowest BCUT2D eigenvalue weighted by Gasteiger charge is -2.14. The first kappa shape index (κ1) is 16.0. The van der Waals surface area contributed by atoms with Gasteiger partial charge in [0, 0.05) is 23.2 Å². The fraction of sp³-hybridized carbons (Fsp3) is 0.286. The van der Waals surface area contributed by atoms with Crippen molar-refractivity contribution in [3.63, 3.8) is 0 Å². The first-order valence-corrected chi connectivity index (χ1v) is 6.36. The van der Waals surface area contributed by atoms with Crippen LogP contribution in [0.3, 0.4) is 0 Å². The number of carbonyl (C=O) groups excluding carboxylic acids is 1. The van der Waals surface area contributed by atoms with E-state index < -0.39 is 17.6 Å². The van der Waals surface area contributed by atoms with Gasteiger partial charge in [-0.25, -0.2) is 0 Å². The molecule has 1 aromatic heterocycles. The van der Waals surface area contributed by atoms with E-state index in [9.17, 15) is 18.0 Å². The molecule has 2 aromatic rings. The van der Waals surface area contributed by atoms with Gasteiger partial charge in [0.05, 0.1) is 17.3 Å². The number of nitrogens with zero attached hydrogens (tertiary/aromatic N) is 2. The van der Waals surface area contributed by atoms with Crippen LogP contribution in [0, 0.1) is 0 Å². The average Bonchev–Trinajstić information content (AvgIpc) is 2.83. The number of aromatic nitrogens is 2. The number of H-pyrrole nitrogens is 1. The van der Waals surface area contributed by atoms with Crippen molar-refractivity contribution in [2.24, 2.45) is 0 Å². The SMILES string of the molecule is C=C(CN(C)C)C(=O)Nc1cc(C(F)(F)F)c2cn[nH]c2c1. The van der Waals surface area contributed by atoms with E-state index in [0.29, 0.717) is 6.54 Å². The number of hydrogen-bond donors (Lipinski definition) is 2. The van der Waals surface area contributed by atoms with Crippen LogP contribution in [0.5, 0.6) is 0 Å². The van der Waals surface area contributed by atoms with Gasteiger partial charge in [-0.2, -0.15) is 18.3 Å². The quantitative estimate of drug-likeness (QED) is 0.853. The minimum Gasteiger partial charge on any atom is -0.322 e. The lowest BCUT2D eigenvalue weighted by molar-refractivity contribution is -0.136. The molecule has 0 radical (unpaired) electrons. The summed E-state index contributed by atoms with van der Waals surface area (Å²) < 4.78 is 39.2. The van der Waals surface area contributed by atoms with Crippen molar-refractivity contribution in [1.82, 2.24) is 15.1 Å². The molecule has 5 nitrogen and oxygen atoms in total. The summed E-state index contributed by atoms with van der Waals surface area (Å²) in [5.41, 5.74) is -0.368. The third-order valence-electron chi connectivity index (χ3n) is 2.95. The van der Waals surface area contributed by atoms with Crippen molar-refractivity contribution in [3.8, 4) is 0 Å². The zero-order valence-electron chi connectivity index (χ0n) is 12.1. The Kier molecular flexibility index (Phi) is 4.23. The second kappa shape index (κ2) is 5.80. The van der Waals surface area contributed by atoms with Crippen LogP contribution >= 0.6 is 0 Å². The molecule has 0 atom stereocenters. The van der Waals surface area contributed by atoms with Gasteiger partial charge in [-0.05, 0) is 26.2 Å². The number of anilines is 1. The number of likely N-dealkylation sites (N-methyl/N-ethyl adjacent to an activating group) is 1. The van der Waals surface area contributed by atoms with Gasteiger partial charge in [-0.3, -0.25) is 9.89 Å². The molecule has 0 unspecified atom stereocenters. The Bertz CT molecular complexity index is 718. The Balaban J connectivity index is 2.33. The van der Waals surface area contributed by atoms with Crippen molar-refractivity contribution in [1.29, 1.82) is 0 Å². The highest BCUT2D eigenvalue weighted by Crippen LogP contribution is 2.36. The van der Waals surface area contributed by atoms with Gasteiger partial charge in [0.15, 0.2) is 0 Å². The number of amides is 1. The number of fused-ring (bicyclic) bond motifs is 1. The summed E-state index contributed by atoms with van der Waals surface area (Å²) >= 11 is 0. The lowest BCUT2D eigenvalue weighted by atomic mass is 10.1. The normalized spacial score (nSPS) is 11.9. The van der Waals surface area contributed by atoms with Crippen LogP contribution in [0.15, 0.2) is 30.5 Å². The van der Waals surface area contributed by atoms with E-state index in [0.717, 1.165) is 12.3 Å². The maximum absolute atomic E-state index is 13.1. The molecule has 1 heterocycles. The molecular weight excluding hydrogens is 297 g/mol. The van der Waals surface area contributed by atoms with Crippen molar-refractivity contribution in [2.45, 2.75) is 6.18 Å². The molecule has 0 spiro atoms. The Morgan fingerprint density at radius 1 is 1.41 bits per heavy atom. The molecule has 22 heavy (non-hydrogen) atoms. The third-order valence-corrected chi connectivity index (χ3v) is 2.95. The summed E-state index contributed by atoms with van der Waals surface area (Å²) in [5, 5.41) is 8.47. The van der Waals surface area contributed by atoms with E-state index in [1.807, 2.05) is 0 Å². The topological polar surface area (TPSA) is 61.0 Å². The maximum atomic E-state index is 13.1. The molecule has 0 bridgehead atoms. The van der Waals surface area contributed by atoms with Gasteiger partial charge in [0.1, 0.15) is 0 Å². The molecule has 2 N–H and O–H groups in total. The van der Waals surface area contributed by atoms with Gasteiger partial charge < -0.3 is 10.2 Å². The predicted octanol–water partition coefficient (Wildman–Crippen LogP) is 2.64. The Morgan fingerprint density at radius 3 is 2.68 bits per heavy atom. The van der Waals surface area contributed by atoms with Gasteiger partial charge >= 0.3 is 6.18 Å². The first-order valence-electron chi connectivity index (χ1n) is 6.36. The molecule has 2 rings (SSSR count). The minimum absolute atomic E-state index is 0.0361. The van der Waals surface area contributed by atoms with Crippen molar-refractivity contribution < 1.29 is 18.0 Å². The fourth-order valence-corrected chi connectivity index (χ4v) is 2.03. The number of hydrogen-bond acceptors (Lipinski definition) is 3. The summed E-state index contributed by atoms with van der Waals surface area (Å²) in [7, 11) is 3.52. The number of benzene rings is 1. The van der Waals surface area contributed by atoms with Crippen molar-refractivity contribution in [3.05, 3.63) is 36.0 Å². The molecule has 8 heteroatoms. The molecule has 118 valence electrons. The number of alkyl halides is 3. The van der Waals surface area contributed by atoms with Gasteiger partial charge in [-0.15, -0.1) is 0 Å². The van der Waals surface area contributed by atoms with E-state index in [2.05, 4.69) is 22.1 Å². The molecular formula is C14H15F3N4O. The molecule has 0 aliphatic heterocycles. The van der Waals surface area contributed by atoms with Crippen LogP contribution in [0.2, 0.25) is 0 Å². The van der Waals surface area contributed by atoms with E-state index in [-0.39, 0.29) is 22.2 Å². The van der Waals surface area contributed by atoms with Crippen LogP contribution in [-0.4, -0.2) is 41.6 Å². The summed E-state index contributed by atoms with van der Waals surface area (Å²) in [6, 6.07) is 2.29. The minimum atomic E-state index is -4.54. The smallest absolute Gasteiger partial charge is 0.322 e. The van der Waals surface area contributed by atoms with Crippen molar-refractivity contribution in [2.75, 3.05) is 26.0 Å². The molecule has 0 aliphatic carbocycles.